The van der Waals surface area contributed by atoms with Crippen LogP contribution in [0.2, 0.25) is 0 Å². The Morgan fingerprint density at radius 2 is 2.08 bits per heavy atom. The van der Waals surface area contributed by atoms with Crippen LogP contribution in [0.15, 0.2) is 36.5 Å². The zero-order chi connectivity index (χ0) is 21.1. The van der Waals surface area contributed by atoms with E-state index in [-0.39, 0.29) is 5.56 Å². The van der Waals surface area contributed by atoms with Crippen molar-refractivity contribution in [3.05, 3.63) is 47.8 Å². The van der Waals surface area contributed by atoms with Gasteiger partial charge in [-0.3, -0.25) is 4.68 Å². The Balaban J connectivity index is 2.33. The number of rotatable bonds is 7. The molecule has 0 aliphatic carbocycles. The molecule has 0 bridgehead atoms. The third kappa shape index (κ3) is 4.94. The summed E-state index contributed by atoms with van der Waals surface area (Å²) in [6, 6.07) is 5.98. The van der Waals surface area contributed by atoms with Crippen molar-refractivity contribution in [1.29, 1.82) is 0 Å². The van der Waals surface area contributed by atoms with Gasteiger partial charge < -0.3 is 14.6 Å². The third-order valence-electron chi connectivity index (χ3n) is 3.25. The first kappa shape index (κ1) is 16.8. The smallest absolute Gasteiger partial charge is 0.408 e. The van der Waals surface area contributed by atoms with Gasteiger partial charge in [0.25, 0.3) is 0 Å². The molecule has 0 amide bonds. The Morgan fingerprint density at radius 3 is 2.73 bits per heavy atom. The van der Waals surface area contributed by atoms with E-state index in [1.807, 2.05) is 0 Å². The van der Waals surface area contributed by atoms with Crippen molar-refractivity contribution in [3.8, 4) is 5.75 Å². The number of nitrogens with zero attached hydrogens (tertiary/aromatic N) is 2. The first-order valence-corrected chi connectivity index (χ1v) is 7.23. The van der Waals surface area contributed by atoms with Crippen LogP contribution in [-0.2, 0) is 22.6 Å². The molecular weight excluding hydrogens is 360 g/mol. The zero-order valence-electron chi connectivity index (χ0n) is 15.4. The van der Waals surface area contributed by atoms with E-state index in [0.29, 0.717) is 4.68 Å². The number of ether oxygens (including phenoxy) is 2. The van der Waals surface area contributed by atoms with Crippen LogP contribution in [0.1, 0.15) is 20.2 Å². The predicted octanol–water partition coefficient (Wildman–Crippen LogP) is 2.57. The highest BCUT2D eigenvalue weighted by atomic mass is 19.4. The first-order chi connectivity index (χ1) is 13.0. The minimum atomic E-state index is -4.65. The fourth-order valence-electron chi connectivity index (χ4n) is 2.03. The van der Waals surface area contributed by atoms with E-state index in [9.17, 15) is 27.5 Å². The molecule has 0 radical (unpaired) electrons. The summed E-state index contributed by atoms with van der Waals surface area (Å²) in [5.74, 6) is -1.67. The number of carbonyl (C=O) groups is 1. The molecule has 0 fully saturated rings. The average molecular weight is 378 g/mol. The number of aromatic nitrogens is 2. The molecule has 0 spiro atoms. The molecule has 2 aromatic rings. The maximum atomic E-state index is 14.5. The van der Waals surface area contributed by atoms with E-state index in [1.165, 1.54) is 12.1 Å². The lowest BCUT2D eigenvalue weighted by Gasteiger charge is -2.18. The van der Waals surface area contributed by atoms with Crippen molar-refractivity contribution in [2.24, 2.45) is 0 Å². The molecule has 0 aliphatic heterocycles. The summed E-state index contributed by atoms with van der Waals surface area (Å²) in [5.41, 5.74) is -0.935. The maximum absolute atomic E-state index is 14.5. The van der Waals surface area contributed by atoms with E-state index >= 15 is 0 Å². The highest BCUT2D eigenvalue weighted by Crippen LogP contribution is 2.31. The van der Waals surface area contributed by atoms with E-state index in [0.717, 1.165) is 31.5 Å². The summed E-state index contributed by atoms with van der Waals surface area (Å²) in [4.78, 5) is 11.3. The Labute approximate surface area is 148 Å². The number of hydrogen-bond donors (Lipinski definition) is 1. The SMILES string of the molecule is [2H]C([2H])(Oc1ccccc1C(F)C(O)C(=O)OC)c1ccnn1CC(F)(F)F. The van der Waals surface area contributed by atoms with Gasteiger partial charge in [0, 0.05) is 11.8 Å². The molecule has 10 heteroatoms. The molecule has 142 valence electrons. The Kier molecular flexibility index (Phi) is 5.29. The first-order valence-electron chi connectivity index (χ1n) is 8.23. The highest BCUT2D eigenvalue weighted by Gasteiger charge is 2.31. The van der Waals surface area contributed by atoms with Gasteiger partial charge >= 0.3 is 12.1 Å². The second kappa shape index (κ2) is 8.17. The average Bonchev–Trinajstić information content (AvgIpc) is 3.07. The molecule has 1 aromatic carbocycles. The summed E-state index contributed by atoms with van der Waals surface area (Å²) in [7, 11) is 0.946. The van der Waals surface area contributed by atoms with Crippen LogP contribution in [0, 0.1) is 0 Å². The summed E-state index contributed by atoms with van der Waals surface area (Å²) in [6.07, 6.45) is -8.20. The van der Waals surface area contributed by atoms with Crippen molar-refractivity contribution in [2.45, 2.75) is 31.6 Å². The number of benzene rings is 1. The summed E-state index contributed by atoms with van der Waals surface area (Å²) in [6.45, 7) is -4.37. The number of aliphatic hydroxyl groups is 1. The number of methoxy groups -OCH3 is 1. The van der Waals surface area contributed by atoms with E-state index in [4.69, 9.17) is 7.48 Å². The molecule has 0 aliphatic rings. The van der Waals surface area contributed by atoms with Crippen molar-refractivity contribution < 1.29 is 39.7 Å². The summed E-state index contributed by atoms with van der Waals surface area (Å²) < 4.78 is 78.1. The van der Waals surface area contributed by atoms with E-state index in [2.05, 4.69) is 9.84 Å². The molecule has 1 N–H and O–H groups in total. The van der Waals surface area contributed by atoms with Gasteiger partial charge in [-0.2, -0.15) is 18.3 Å². The van der Waals surface area contributed by atoms with Gasteiger partial charge in [0.2, 0.25) is 0 Å². The van der Waals surface area contributed by atoms with Crippen LogP contribution in [0.3, 0.4) is 0 Å². The largest absolute Gasteiger partial charge is 0.487 e. The third-order valence-corrected chi connectivity index (χ3v) is 3.25. The van der Waals surface area contributed by atoms with Crippen molar-refractivity contribution in [3.63, 3.8) is 0 Å². The predicted molar refractivity (Wildman–Crippen MR) is 80.9 cm³/mol. The molecule has 6 nitrogen and oxygen atoms in total. The quantitative estimate of drug-likeness (QED) is 0.592. The highest BCUT2D eigenvalue weighted by molar-refractivity contribution is 5.75. The minimum absolute atomic E-state index is 0.374. The number of aliphatic hydroxyl groups excluding tert-OH is 1. The lowest BCUT2D eigenvalue weighted by atomic mass is 10.0. The van der Waals surface area contributed by atoms with Gasteiger partial charge in [0.05, 0.1) is 15.5 Å². The normalized spacial score (nSPS) is 15.6. The van der Waals surface area contributed by atoms with Gasteiger partial charge in [0.15, 0.2) is 12.3 Å². The second-order valence-corrected chi connectivity index (χ2v) is 5.10. The molecule has 2 atom stereocenters. The molecule has 0 saturated heterocycles. The summed E-state index contributed by atoms with van der Waals surface area (Å²) in [5, 5.41) is 13.1. The fourth-order valence-corrected chi connectivity index (χ4v) is 2.03. The number of hydrogen-bond acceptors (Lipinski definition) is 5. The van der Waals surface area contributed by atoms with E-state index < -0.39 is 49.0 Å². The van der Waals surface area contributed by atoms with Crippen LogP contribution in [0.5, 0.6) is 5.75 Å². The lowest BCUT2D eigenvalue weighted by molar-refractivity contribution is -0.154. The Bertz CT molecular complexity index is 829. The number of carbonyl (C=O) groups excluding carboxylic acids is 1. The number of para-hydroxylation sites is 1. The molecular formula is C16H16F4N2O4. The van der Waals surface area contributed by atoms with E-state index in [1.54, 1.807) is 0 Å². The van der Waals surface area contributed by atoms with Crippen LogP contribution < -0.4 is 4.74 Å². The molecule has 2 rings (SSSR count). The molecule has 1 heterocycles. The number of alkyl halides is 4. The Hall–Kier alpha value is -2.62. The Morgan fingerprint density at radius 1 is 1.38 bits per heavy atom. The van der Waals surface area contributed by atoms with Gasteiger partial charge in [-0.05, 0) is 12.1 Å². The van der Waals surface area contributed by atoms with Gasteiger partial charge in [0.1, 0.15) is 18.9 Å². The zero-order valence-corrected chi connectivity index (χ0v) is 13.4. The fraction of sp³-hybridized carbons (Fsp3) is 0.375. The molecule has 0 saturated carbocycles. The van der Waals surface area contributed by atoms with Crippen LogP contribution in [-0.4, -0.2) is 40.2 Å². The lowest BCUT2D eigenvalue weighted by Crippen LogP contribution is -2.27. The van der Waals surface area contributed by atoms with Crippen LogP contribution in [0.4, 0.5) is 17.6 Å². The standard InChI is InChI=1S/C16H16F4N2O4/c1-25-15(24)14(23)13(17)11-4-2-3-5-12(11)26-8-10-6-7-21-22(10)9-16(18,19)20/h2-7,13-14,23H,8-9H2,1H3/i8D2. The van der Waals surface area contributed by atoms with Gasteiger partial charge in [-0.25, -0.2) is 9.18 Å². The van der Waals surface area contributed by atoms with Gasteiger partial charge in [-0.1, -0.05) is 18.2 Å². The number of halogens is 4. The van der Waals surface area contributed by atoms with Crippen LogP contribution in [0.25, 0.3) is 0 Å². The van der Waals surface area contributed by atoms with Crippen molar-refractivity contribution >= 4 is 5.97 Å². The van der Waals surface area contributed by atoms with Crippen LogP contribution >= 0.6 is 0 Å². The molecule has 2 unspecified atom stereocenters. The topological polar surface area (TPSA) is 73.6 Å². The monoisotopic (exact) mass is 378 g/mol. The molecule has 1 aromatic heterocycles. The van der Waals surface area contributed by atoms with Crippen molar-refractivity contribution in [2.75, 3.05) is 7.11 Å². The number of esters is 1. The maximum Gasteiger partial charge on any atom is 0.408 e. The minimum Gasteiger partial charge on any atom is -0.487 e. The summed E-state index contributed by atoms with van der Waals surface area (Å²) >= 11 is 0. The van der Waals surface area contributed by atoms with Gasteiger partial charge in [-0.15, -0.1) is 0 Å². The van der Waals surface area contributed by atoms with Crippen molar-refractivity contribution in [1.82, 2.24) is 9.78 Å². The molecule has 26 heavy (non-hydrogen) atoms. The second-order valence-electron chi connectivity index (χ2n) is 5.10.